The second kappa shape index (κ2) is 6.64. The van der Waals surface area contributed by atoms with Crippen molar-refractivity contribution in [2.75, 3.05) is 6.26 Å². The fourth-order valence-electron chi connectivity index (χ4n) is 3.33. The van der Waals surface area contributed by atoms with Gasteiger partial charge in [-0.15, -0.1) is 0 Å². The van der Waals surface area contributed by atoms with E-state index in [0.29, 0.717) is 11.7 Å². The zero-order valence-electron chi connectivity index (χ0n) is 11.4. The lowest BCUT2D eigenvalue weighted by Crippen LogP contribution is -2.43. The number of carbonyl (C=O) groups is 2. The van der Waals surface area contributed by atoms with Crippen molar-refractivity contribution < 1.29 is 14.7 Å². The van der Waals surface area contributed by atoms with Gasteiger partial charge in [-0.25, -0.2) is 0 Å². The summed E-state index contributed by atoms with van der Waals surface area (Å²) in [6.07, 6.45) is 8.58. The zero-order valence-corrected chi connectivity index (χ0v) is 12.2. The summed E-state index contributed by atoms with van der Waals surface area (Å²) in [7, 11) is 0. The van der Waals surface area contributed by atoms with Crippen LogP contribution in [0, 0.1) is 11.8 Å². The van der Waals surface area contributed by atoms with Crippen molar-refractivity contribution in [1.29, 1.82) is 0 Å². The van der Waals surface area contributed by atoms with Gasteiger partial charge in [-0.2, -0.15) is 11.8 Å². The molecule has 2 aliphatic rings. The van der Waals surface area contributed by atoms with Gasteiger partial charge in [-0.1, -0.05) is 12.8 Å². The molecule has 0 saturated heterocycles. The Morgan fingerprint density at radius 3 is 2.37 bits per heavy atom. The molecule has 2 unspecified atom stereocenters. The zero-order chi connectivity index (χ0) is 13.8. The van der Waals surface area contributed by atoms with Crippen LogP contribution in [0.15, 0.2) is 0 Å². The largest absolute Gasteiger partial charge is 0.481 e. The number of hydrogen-bond acceptors (Lipinski definition) is 3. The van der Waals surface area contributed by atoms with E-state index in [4.69, 9.17) is 0 Å². The van der Waals surface area contributed by atoms with E-state index >= 15 is 0 Å². The van der Waals surface area contributed by atoms with Gasteiger partial charge >= 0.3 is 5.97 Å². The molecule has 2 N–H and O–H groups in total. The number of carboxylic acid groups (broad SMARTS) is 1. The van der Waals surface area contributed by atoms with Crippen molar-refractivity contribution in [3.8, 4) is 0 Å². The highest BCUT2D eigenvalue weighted by atomic mass is 32.2. The third kappa shape index (κ3) is 3.65. The molecule has 2 aliphatic carbocycles. The summed E-state index contributed by atoms with van der Waals surface area (Å²) >= 11 is 1.86. The van der Waals surface area contributed by atoms with Gasteiger partial charge in [0.2, 0.25) is 5.91 Å². The Bertz CT molecular complexity index is 348. The summed E-state index contributed by atoms with van der Waals surface area (Å²) in [4.78, 5) is 23.5. The van der Waals surface area contributed by atoms with Crippen LogP contribution in [0.4, 0.5) is 0 Å². The van der Waals surface area contributed by atoms with Crippen LogP contribution in [0.2, 0.25) is 0 Å². The van der Waals surface area contributed by atoms with E-state index in [9.17, 15) is 14.7 Å². The highest BCUT2D eigenvalue weighted by molar-refractivity contribution is 7.99. The fraction of sp³-hybridized carbons (Fsp3) is 0.857. The minimum Gasteiger partial charge on any atom is -0.481 e. The third-order valence-electron chi connectivity index (χ3n) is 4.48. The average Bonchev–Trinajstić information content (AvgIpc) is 2.86. The summed E-state index contributed by atoms with van der Waals surface area (Å²) in [5, 5.41) is 12.9. The van der Waals surface area contributed by atoms with Crippen LogP contribution < -0.4 is 5.32 Å². The summed E-state index contributed by atoms with van der Waals surface area (Å²) in [5.41, 5.74) is 0. The number of nitrogens with one attached hydrogen (secondary N) is 1. The van der Waals surface area contributed by atoms with Gasteiger partial charge in [-0.05, 0) is 38.4 Å². The molecule has 0 heterocycles. The lowest BCUT2D eigenvalue weighted by atomic mass is 9.78. The average molecular weight is 285 g/mol. The third-order valence-corrected chi connectivity index (χ3v) is 5.58. The van der Waals surface area contributed by atoms with Crippen molar-refractivity contribution in [3.63, 3.8) is 0 Å². The SMILES string of the molecule is CSC1CCC(NC(=O)[C@@H]2CCCC[C@@H]2C(=O)O)C1. The second-order valence-corrected chi connectivity index (χ2v) is 6.85. The molecule has 4 nitrogen and oxygen atoms in total. The first-order valence-electron chi connectivity index (χ1n) is 7.17. The number of aliphatic carboxylic acids is 1. The highest BCUT2D eigenvalue weighted by Crippen LogP contribution is 2.32. The number of carboxylic acids is 1. The van der Waals surface area contributed by atoms with E-state index in [2.05, 4.69) is 11.6 Å². The van der Waals surface area contributed by atoms with Gasteiger partial charge in [0.1, 0.15) is 0 Å². The summed E-state index contributed by atoms with van der Waals surface area (Å²) < 4.78 is 0. The van der Waals surface area contributed by atoms with Crippen LogP contribution >= 0.6 is 11.8 Å². The van der Waals surface area contributed by atoms with Crippen LogP contribution in [-0.2, 0) is 9.59 Å². The topological polar surface area (TPSA) is 66.4 Å². The number of rotatable bonds is 4. The summed E-state index contributed by atoms with van der Waals surface area (Å²) in [6.45, 7) is 0. The second-order valence-electron chi connectivity index (χ2n) is 5.71. The maximum absolute atomic E-state index is 12.3. The molecule has 2 saturated carbocycles. The van der Waals surface area contributed by atoms with Crippen molar-refractivity contribution in [2.45, 2.75) is 56.2 Å². The molecule has 5 heteroatoms. The van der Waals surface area contributed by atoms with Crippen molar-refractivity contribution in [1.82, 2.24) is 5.32 Å². The first-order valence-corrected chi connectivity index (χ1v) is 8.46. The summed E-state index contributed by atoms with van der Waals surface area (Å²) in [6, 6.07) is 0.251. The van der Waals surface area contributed by atoms with E-state index < -0.39 is 11.9 Å². The van der Waals surface area contributed by atoms with Crippen LogP contribution in [0.3, 0.4) is 0 Å². The van der Waals surface area contributed by atoms with Gasteiger partial charge in [0.15, 0.2) is 0 Å². The molecule has 108 valence electrons. The van der Waals surface area contributed by atoms with Gasteiger partial charge < -0.3 is 10.4 Å². The van der Waals surface area contributed by atoms with Crippen LogP contribution in [0.1, 0.15) is 44.9 Å². The van der Waals surface area contributed by atoms with E-state index in [0.717, 1.165) is 38.5 Å². The number of carbonyl (C=O) groups excluding carboxylic acids is 1. The smallest absolute Gasteiger partial charge is 0.307 e. The molecule has 0 spiro atoms. The Labute approximate surface area is 118 Å². The predicted molar refractivity (Wildman–Crippen MR) is 76.2 cm³/mol. The minimum absolute atomic E-state index is 0.0288. The van der Waals surface area contributed by atoms with Crippen LogP contribution in [-0.4, -0.2) is 34.5 Å². The maximum Gasteiger partial charge on any atom is 0.307 e. The molecular weight excluding hydrogens is 262 g/mol. The maximum atomic E-state index is 12.3. The first-order chi connectivity index (χ1) is 9.11. The lowest BCUT2D eigenvalue weighted by Gasteiger charge is -2.28. The van der Waals surface area contributed by atoms with Gasteiger partial charge in [0.25, 0.3) is 0 Å². The van der Waals surface area contributed by atoms with Crippen LogP contribution in [0.5, 0.6) is 0 Å². The molecule has 1 amide bonds. The normalized spacial score (nSPS) is 35.0. The lowest BCUT2D eigenvalue weighted by molar-refractivity contribution is -0.149. The first kappa shape index (κ1) is 14.7. The van der Waals surface area contributed by atoms with E-state index in [1.165, 1.54) is 0 Å². The molecule has 0 aromatic heterocycles. The van der Waals surface area contributed by atoms with Crippen LogP contribution in [0.25, 0.3) is 0 Å². The van der Waals surface area contributed by atoms with E-state index in [1.807, 2.05) is 11.8 Å². The molecule has 0 aromatic rings. The van der Waals surface area contributed by atoms with Gasteiger partial charge in [-0.3, -0.25) is 9.59 Å². The minimum atomic E-state index is -0.812. The number of hydrogen-bond donors (Lipinski definition) is 2. The Kier molecular flexibility index (Phi) is 5.13. The Balaban J connectivity index is 1.89. The molecule has 2 fully saturated rings. The molecule has 0 aromatic carbocycles. The standard InChI is InChI=1S/C14H23NO3S/c1-19-10-7-6-9(8-10)15-13(16)11-4-2-3-5-12(11)14(17)18/h9-12H,2-8H2,1H3,(H,15,16)(H,17,18)/t9?,10?,11-,12+/m1/s1. The monoisotopic (exact) mass is 285 g/mol. The van der Waals surface area contributed by atoms with Crippen molar-refractivity contribution in [2.24, 2.45) is 11.8 Å². The van der Waals surface area contributed by atoms with Crippen molar-refractivity contribution in [3.05, 3.63) is 0 Å². The highest BCUT2D eigenvalue weighted by Gasteiger charge is 2.37. The molecule has 0 aliphatic heterocycles. The quantitative estimate of drug-likeness (QED) is 0.831. The Morgan fingerprint density at radius 1 is 1.11 bits per heavy atom. The van der Waals surface area contributed by atoms with Crippen molar-refractivity contribution >= 4 is 23.6 Å². The Hall–Kier alpha value is -0.710. The van der Waals surface area contributed by atoms with Gasteiger partial charge in [0, 0.05) is 11.3 Å². The molecular formula is C14H23NO3S. The molecule has 2 rings (SSSR count). The fourth-order valence-corrected chi connectivity index (χ4v) is 4.13. The van der Waals surface area contributed by atoms with Gasteiger partial charge in [0.05, 0.1) is 11.8 Å². The van der Waals surface area contributed by atoms with E-state index in [1.54, 1.807) is 0 Å². The molecule has 0 bridgehead atoms. The van der Waals surface area contributed by atoms with E-state index in [-0.39, 0.29) is 17.9 Å². The summed E-state index contributed by atoms with van der Waals surface area (Å²) in [5.74, 6) is -1.64. The molecule has 4 atom stereocenters. The predicted octanol–water partition coefficient (Wildman–Crippen LogP) is 2.28. The number of thioether (sulfide) groups is 1. The number of amides is 1. The Morgan fingerprint density at radius 2 is 1.79 bits per heavy atom. The molecule has 0 radical (unpaired) electrons. The molecule has 19 heavy (non-hydrogen) atoms.